The smallest absolute Gasteiger partial charge is 0.313 e. The van der Waals surface area contributed by atoms with Gasteiger partial charge in [0.15, 0.2) is 0 Å². The number of ether oxygens (including phenoxy) is 2. The number of rotatable bonds is 17. The molecule has 9 atom stereocenters. The van der Waals surface area contributed by atoms with Gasteiger partial charge in [-0.05, 0) is 50.7 Å². The minimum Gasteiger partial charge on any atom is -0.455 e. The number of hydrogen-bond acceptors (Lipinski definition) is 7. The topological polar surface area (TPSA) is 117 Å². The Labute approximate surface area is 302 Å². The Bertz CT molecular complexity index is 1570. The van der Waals surface area contributed by atoms with E-state index in [1.54, 1.807) is 29.0 Å². The molecule has 0 aromatic heterocycles. The van der Waals surface area contributed by atoms with Crippen LogP contribution in [0.1, 0.15) is 82.6 Å². The van der Waals surface area contributed by atoms with Crippen LogP contribution in [-0.4, -0.2) is 93.5 Å². The van der Waals surface area contributed by atoms with Crippen molar-refractivity contribution in [3.05, 3.63) is 97.1 Å². The zero-order chi connectivity index (χ0) is 36.9. The van der Waals surface area contributed by atoms with Gasteiger partial charge >= 0.3 is 5.97 Å². The van der Waals surface area contributed by atoms with E-state index < -0.39 is 66.3 Å². The van der Waals surface area contributed by atoms with Crippen LogP contribution in [0.4, 0.5) is 0 Å². The number of allylic oxidation sites excluding steroid dienone is 1. The number of carbonyl (C=O) groups is 4. The lowest BCUT2D eigenvalue weighted by Gasteiger charge is -2.41. The normalized spacial score (nSPS) is 25.7. The Balaban J connectivity index is 1.54. The van der Waals surface area contributed by atoms with Crippen molar-refractivity contribution in [3.63, 3.8) is 0 Å². The zero-order valence-corrected chi connectivity index (χ0v) is 30.4. The second kappa shape index (κ2) is 16.4. The number of nitrogens with zero attached hydrogens (tertiary/aromatic N) is 3. The fourth-order valence-electron chi connectivity index (χ4n) is 8.48. The number of esters is 1. The molecular weight excluding hydrogens is 646 g/mol. The molecule has 2 bridgehead atoms. The number of carbonyl (C=O) groups excluding carboxylic acids is 4. The van der Waals surface area contributed by atoms with Crippen LogP contribution in [0.2, 0.25) is 0 Å². The van der Waals surface area contributed by atoms with Crippen molar-refractivity contribution < 1.29 is 33.8 Å². The molecule has 0 radical (unpaired) electrons. The van der Waals surface area contributed by atoms with Crippen molar-refractivity contribution in [1.82, 2.24) is 14.7 Å². The second-order valence-corrected chi connectivity index (χ2v) is 14.2. The molecular formula is C41H53N3O7. The first kappa shape index (κ1) is 38.0. The largest absolute Gasteiger partial charge is 0.455 e. The van der Waals surface area contributed by atoms with Gasteiger partial charge in [-0.3, -0.25) is 19.2 Å². The number of fused-ring (bicyclic) bond motifs is 1. The number of likely N-dealkylation sites (N-methyl/N-ethyl adjacent to an activating group) is 1. The summed E-state index contributed by atoms with van der Waals surface area (Å²) in [5.41, 5.74) is 0.0963. The molecule has 10 nitrogen and oxygen atoms in total. The van der Waals surface area contributed by atoms with Crippen molar-refractivity contribution in [2.45, 2.75) is 101 Å². The van der Waals surface area contributed by atoms with Crippen LogP contribution in [-0.2, 0) is 28.7 Å². The fraction of sp³-hybridized carbons (Fsp3) is 0.512. The van der Waals surface area contributed by atoms with Crippen LogP contribution in [0.15, 0.2) is 86.0 Å². The first-order chi connectivity index (χ1) is 24.6. The van der Waals surface area contributed by atoms with E-state index in [9.17, 15) is 24.3 Å². The molecule has 2 aromatic rings. The highest BCUT2D eigenvalue weighted by atomic mass is 16.6. The molecule has 3 amide bonds. The zero-order valence-electron chi connectivity index (χ0n) is 30.4. The molecule has 1 spiro atoms. The first-order valence-corrected chi connectivity index (χ1v) is 18.2. The van der Waals surface area contributed by atoms with E-state index >= 15 is 0 Å². The predicted molar refractivity (Wildman–Crippen MR) is 194 cm³/mol. The van der Waals surface area contributed by atoms with Crippen LogP contribution in [0.3, 0.4) is 0 Å². The Kier molecular flexibility index (Phi) is 12.2. The van der Waals surface area contributed by atoms with Gasteiger partial charge in [0.05, 0.1) is 36.6 Å². The highest BCUT2D eigenvalue weighted by Gasteiger charge is 2.76. The Morgan fingerprint density at radius 2 is 1.71 bits per heavy atom. The van der Waals surface area contributed by atoms with Gasteiger partial charge in [0, 0.05) is 26.1 Å². The first-order valence-electron chi connectivity index (χ1n) is 18.2. The molecule has 3 aliphatic rings. The third-order valence-electron chi connectivity index (χ3n) is 11.2. The van der Waals surface area contributed by atoms with Crippen molar-refractivity contribution >= 4 is 23.7 Å². The lowest BCUT2D eigenvalue weighted by atomic mass is 9.70. The number of likely N-dealkylation sites (tertiary alicyclic amines) is 1. The second-order valence-electron chi connectivity index (χ2n) is 14.2. The molecule has 1 unspecified atom stereocenters. The minimum atomic E-state index is -1.29. The van der Waals surface area contributed by atoms with E-state index in [1.807, 2.05) is 74.5 Å². The molecule has 3 saturated heterocycles. The molecule has 3 heterocycles. The van der Waals surface area contributed by atoms with Crippen LogP contribution in [0, 0.1) is 11.8 Å². The number of amides is 3. The summed E-state index contributed by atoms with van der Waals surface area (Å²) in [7, 11) is 1.69. The summed E-state index contributed by atoms with van der Waals surface area (Å²) in [5, 5.41) is 10.8. The Morgan fingerprint density at radius 1 is 1.06 bits per heavy atom. The Morgan fingerprint density at radius 3 is 2.29 bits per heavy atom. The van der Waals surface area contributed by atoms with E-state index in [0.717, 1.165) is 12.8 Å². The maximum absolute atomic E-state index is 14.9. The van der Waals surface area contributed by atoms with E-state index in [-0.39, 0.29) is 30.8 Å². The van der Waals surface area contributed by atoms with E-state index in [1.165, 1.54) is 4.90 Å². The number of benzene rings is 2. The maximum atomic E-state index is 14.9. The number of aliphatic hydroxyl groups excluding tert-OH is 1. The minimum absolute atomic E-state index is 0.109. The van der Waals surface area contributed by atoms with Crippen LogP contribution in [0.25, 0.3) is 0 Å². The molecule has 51 heavy (non-hydrogen) atoms. The van der Waals surface area contributed by atoms with Crippen LogP contribution in [0.5, 0.6) is 0 Å². The molecule has 2 aromatic carbocycles. The van der Waals surface area contributed by atoms with Gasteiger partial charge in [-0.25, -0.2) is 0 Å². The average molecular weight is 700 g/mol. The molecule has 10 heteroatoms. The molecule has 1 N–H and O–H groups in total. The maximum Gasteiger partial charge on any atom is 0.313 e. The van der Waals surface area contributed by atoms with E-state index in [2.05, 4.69) is 20.1 Å². The van der Waals surface area contributed by atoms with Gasteiger partial charge in [0.2, 0.25) is 17.7 Å². The molecule has 0 aliphatic carbocycles. The highest BCUT2D eigenvalue weighted by Crippen LogP contribution is 2.60. The average Bonchev–Trinajstić information content (AvgIpc) is 3.79. The molecule has 274 valence electrons. The summed E-state index contributed by atoms with van der Waals surface area (Å²) in [6, 6.07) is 15.8. The summed E-state index contributed by atoms with van der Waals surface area (Å²) in [6.45, 7) is 13.4. The lowest BCUT2D eigenvalue weighted by molar-refractivity contribution is -0.165. The summed E-state index contributed by atoms with van der Waals surface area (Å²) in [5.74, 6) is -3.40. The fourth-order valence-corrected chi connectivity index (χ4v) is 8.48. The van der Waals surface area contributed by atoms with Crippen molar-refractivity contribution in [2.24, 2.45) is 11.8 Å². The van der Waals surface area contributed by atoms with Crippen LogP contribution < -0.4 is 0 Å². The third-order valence-corrected chi connectivity index (χ3v) is 11.2. The van der Waals surface area contributed by atoms with Gasteiger partial charge in [-0.1, -0.05) is 86.2 Å². The van der Waals surface area contributed by atoms with E-state index in [0.29, 0.717) is 30.4 Å². The summed E-state index contributed by atoms with van der Waals surface area (Å²) >= 11 is 0. The molecule has 3 aliphatic heterocycles. The standard InChI is InChI=1S/C41H53N3O7/c1-7-10-22-33(46)42(6)28(5)36(30-20-15-12-16-21-30)50-40(49)34-32-23-24-41(51-32)35(34)38(47)44(31(26-45)29-18-13-11-14-19-29)37(41)39(48)43(25-9-3)27(4)17-8-2/h7,9,11-16,18-21,27-28,31-32,34-37,45H,1,3,8,10,17,22-26H2,2,4-6H3/t27?,28-,31+,32-,34+,35+,36+,37-,41+/m0/s1. The number of hydrogen-bond donors (Lipinski definition) is 1. The Hall–Kier alpha value is -4.28. The monoisotopic (exact) mass is 699 g/mol. The van der Waals surface area contributed by atoms with Gasteiger partial charge < -0.3 is 29.3 Å². The van der Waals surface area contributed by atoms with Gasteiger partial charge in [0.1, 0.15) is 17.7 Å². The third kappa shape index (κ3) is 7.13. The van der Waals surface area contributed by atoms with Gasteiger partial charge in [-0.15, -0.1) is 13.2 Å². The SMILES string of the molecule is C=CCCC(=O)N(C)[C@@H](C)[C@@H](OC(=O)[C@@H]1[C@@H]2CC[C@]3(O2)[C@H](C(=O)N(CC=C)C(C)CCC)N([C@H](CO)c2ccccc2)C(=O)[C@@H]13)c1ccccc1. The lowest BCUT2D eigenvalue weighted by Crippen LogP contribution is -2.58. The van der Waals surface area contributed by atoms with Crippen molar-refractivity contribution in [1.29, 1.82) is 0 Å². The molecule has 0 saturated carbocycles. The summed E-state index contributed by atoms with van der Waals surface area (Å²) in [6.07, 6.45) is 5.18. The highest BCUT2D eigenvalue weighted by molar-refractivity contribution is 5.98. The summed E-state index contributed by atoms with van der Waals surface area (Å²) in [4.78, 5) is 62.2. The van der Waals surface area contributed by atoms with Gasteiger partial charge in [-0.2, -0.15) is 0 Å². The molecule has 5 rings (SSSR count). The van der Waals surface area contributed by atoms with E-state index in [4.69, 9.17) is 9.47 Å². The number of aliphatic hydroxyl groups is 1. The molecule has 3 fully saturated rings. The predicted octanol–water partition coefficient (Wildman–Crippen LogP) is 5.40. The van der Waals surface area contributed by atoms with Crippen molar-refractivity contribution in [2.75, 3.05) is 20.2 Å². The summed E-state index contributed by atoms with van der Waals surface area (Å²) < 4.78 is 13.1. The van der Waals surface area contributed by atoms with Gasteiger partial charge in [0.25, 0.3) is 0 Å². The van der Waals surface area contributed by atoms with Crippen LogP contribution >= 0.6 is 0 Å². The quantitative estimate of drug-likeness (QED) is 0.174. The van der Waals surface area contributed by atoms with Crippen molar-refractivity contribution in [3.8, 4) is 0 Å².